The van der Waals surface area contributed by atoms with Crippen LogP contribution in [0.4, 0.5) is 0 Å². The summed E-state index contributed by atoms with van der Waals surface area (Å²) in [7, 11) is 0. The van der Waals surface area contributed by atoms with Gasteiger partial charge in [0.25, 0.3) is 0 Å². The Morgan fingerprint density at radius 2 is 0.902 bits per heavy atom. The zero-order valence-corrected chi connectivity index (χ0v) is 27.7. The molecule has 0 N–H and O–H groups in total. The molecule has 10 rings (SSSR count). The van der Waals surface area contributed by atoms with E-state index in [1.807, 2.05) is 12.1 Å². The number of para-hydroxylation sites is 1. The minimum Gasteiger partial charge on any atom is -0.309 e. The minimum atomic E-state index is 0.703. The Balaban J connectivity index is 1.11. The molecule has 0 saturated heterocycles. The first kappa shape index (κ1) is 29.1. The smallest absolute Gasteiger partial charge is 0.160 e. The normalized spacial score (nSPS) is 11.5. The Morgan fingerprint density at radius 1 is 0.333 bits per heavy atom. The standard InChI is InChI=1S/C48H31N3/c1-3-11-32(12-4-1)34-19-21-35(22-20-34)47-42-28-25-39(33-13-5-2-6-14-33)30-44(42)49-48(50-47)36-23-26-40(27-24-36)51-45-18-10-9-17-41(45)43-29-37-15-7-8-16-38(37)31-46(43)51/h1-31H. The Labute approximate surface area is 295 Å². The van der Waals surface area contributed by atoms with Crippen molar-refractivity contribution in [1.82, 2.24) is 14.5 Å². The molecule has 0 aliphatic heterocycles. The van der Waals surface area contributed by atoms with E-state index >= 15 is 0 Å². The second-order valence-corrected chi connectivity index (χ2v) is 13.1. The van der Waals surface area contributed by atoms with Crippen LogP contribution in [0.1, 0.15) is 0 Å². The number of fused-ring (bicyclic) bond motifs is 5. The maximum Gasteiger partial charge on any atom is 0.160 e. The highest BCUT2D eigenvalue weighted by atomic mass is 15.0. The number of hydrogen-bond donors (Lipinski definition) is 0. The van der Waals surface area contributed by atoms with Crippen LogP contribution in [0.15, 0.2) is 188 Å². The summed E-state index contributed by atoms with van der Waals surface area (Å²) in [5.74, 6) is 0.703. The van der Waals surface area contributed by atoms with Gasteiger partial charge in [-0.3, -0.25) is 0 Å². The Morgan fingerprint density at radius 3 is 1.65 bits per heavy atom. The molecule has 0 amide bonds. The lowest BCUT2D eigenvalue weighted by atomic mass is 9.99. The van der Waals surface area contributed by atoms with Crippen LogP contribution in [-0.4, -0.2) is 14.5 Å². The molecule has 0 atom stereocenters. The van der Waals surface area contributed by atoms with Gasteiger partial charge in [0.2, 0.25) is 0 Å². The van der Waals surface area contributed by atoms with Crippen molar-refractivity contribution in [3.05, 3.63) is 188 Å². The highest BCUT2D eigenvalue weighted by Crippen LogP contribution is 2.37. The number of aromatic nitrogens is 3. The lowest BCUT2D eigenvalue weighted by Gasteiger charge is -2.13. The average molecular weight is 650 g/mol. The maximum atomic E-state index is 5.25. The van der Waals surface area contributed by atoms with Crippen LogP contribution in [0.2, 0.25) is 0 Å². The maximum absolute atomic E-state index is 5.25. The summed E-state index contributed by atoms with van der Waals surface area (Å²) in [6.45, 7) is 0. The predicted molar refractivity (Wildman–Crippen MR) is 213 cm³/mol. The zero-order valence-electron chi connectivity index (χ0n) is 27.7. The van der Waals surface area contributed by atoms with Gasteiger partial charge in [-0.25, -0.2) is 9.97 Å². The molecule has 3 nitrogen and oxygen atoms in total. The van der Waals surface area contributed by atoms with E-state index in [4.69, 9.17) is 9.97 Å². The van der Waals surface area contributed by atoms with Gasteiger partial charge < -0.3 is 4.57 Å². The number of nitrogens with zero attached hydrogens (tertiary/aromatic N) is 3. The van der Waals surface area contributed by atoms with Crippen LogP contribution in [0.3, 0.4) is 0 Å². The Hall–Kier alpha value is -6.84. The van der Waals surface area contributed by atoms with Crippen LogP contribution >= 0.6 is 0 Å². The average Bonchev–Trinajstić information content (AvgIpc) is 3.53. The van der Waals surface area contributed by atoms with Crippen molar-refractivity contribution in [2.45, 2.75) is 0 Å². The first-order valence-corrected chi connectivity index (χ1v) is 17.3. The molecule has 0 radical (unpaired) electrons. The van der Waals surface area contributed by atoms with E-state index < -0.39 is 0 Å². The van der Waals surface area contributed by atoms with Crippen molar-refractivity contribution in [3.8, 4) is 50.6 Å². The van der Waals surface area contributed by atoms with Gasteiger partial charge in [-0.15, -0.1) is 0 Å². The van der Waals surface area contributed by atoms with Crippen LogP contribution in [0, 0.1) is 0 Å². The van der Waals surface area contributed by atoms with Crippen LogP contribution < -0.4 is 0 Å². The fraction of sp³-hybridized carbons (Fsp3) is 0. The van der Waals surface area contributed by atoms with Gasteiger partial charge in [0.15, 0.2) is 5.82 Å². The highest BCUT2D eigenvalue weighted by molar-refractivity contribution is 6.13. The van der Waals surface area contributed by atoms with Crippen molar-refractivity contribution < 1.29 is 0 Å². The van der Waals surface area contributed by atoms with Crippen LogP contribution in [0.5, 0.6) is 0 Å². The van der Waals surface area contributed by atoms with Gasteiger partial charge in [-0.2, -0.15) is 0 Å². The molecule has 0 spiro atoms. The van der Waals surface area contributed by atoms with Gasteiger partial charge in [-0.05, 0) is 87.6 Å². The summed E-state index contributed by atoms with van der Waals surface area (Å²) in [5.41, 5.74) is 12.0. The summed E-state index contributed by atoms with van der Waals surface area (Å²) >= 11 is 0. The van der Waals surface area contributed by atoms with E-state index in [1.54, 1.807) is 0 Å². The molecule has 2 aromatic heterocycles. The number of benzene rings is 8. The van der Waals surface area contributed by atoms with Crippen LogP contribution in [-0.2, 0) is 0 Å². The van der Waals surface area contributed by atoms with Crippen LogP contribution in [0.25, 0.3) is 94.1 Å². The zero-order chi connectivity index (χ0) is 33.7. The molecular weight excluding hydrogens is 619 g/mol. The Bertz CT molecular complexity index is 2870. The van der Waals surface area contributed by atoms with E-state index in [2.05, 4.69) is 180 Å². The molecule has 0 aliphatic rings. The van der Waals surface area contributed by atoms with E-state index in [1.165, 1.54) is 43.7 Å². The molecule has 10 aromatic rings. The second-order valence-electron chi connectivity index (χ2n) is 13.1. The lowest BCUT2D eigenvalue weighted by Crippen LogP contribution is -1.97. The van der Waals surface area contributed by atoms with Crippen molar-refractivity contribution >= 4 is 43.5 Å². The van der Waals surface area contributed by atoms with Gasteiger partial charge in [0.1, 0.15) is 0 Å². The van der Waals surface area contributed by atoms with Crippen molar-refractivity contribution in [2.75, 3.05) is 0 Å². The topological polar surface area (TPSA) is 30.7 Å². The molecule has 0 unspecified atom stereocenters. The van der Waals surface area contributed by atoms with Gasteiger partial charge >= 0.3 is 0 Å². The first-order valence-electron chi connectivity index (χ1n) is 17.3. The first-order chi connectivity index (χ1) is 25.3. The molecule has 0 fully saturated rings. The molecule has 0 bridgehead atoms. The lowest BCUT2D eigenvalue weighted by molar-refractivity contribution is 1.17. The predicted octanol–water partition coefficient (Wildman–Crippen LogP) is 12.5. The van der Waals surface area contributed by atoms with Gasteiger partial charge in [0.05, 0.1) is 22.2 Å². The number of hydrogen-bond acceptors (Lipinski definition) is 2. The van der Waals surface area contributed by atoms with Crippen molar-refractivity contribution in [3.63, 3.8) is 0 Å². The SMILES string of the molecule is c1ccc(-c2ccc(-c3nc(-c4ccc(-n5c6ccccc6c6cc7ccccc7cc65)cc4)nc4cc(-c5ccccc5)ccc34)cc2)cc1. The van der Waals surface area contributed by atoms with Gasteiger partial charge in [0, 0.05) is 33.0 Å². The van der Waals surface area contributed by atoms with E-state index in [0.29, 0.717) is 5.82 Å². The van der Waals surface area contributed by atoms with E-state index in [9.17, 15) is 0 Å². The summed E-state index contributed by atoms with van der Waals surface area (Å²) < 4.78 is 2.37. The van der Waals surface area contributed by atoms with E-state index in [0.717, 1.165) is 44.5 Å². The molecule has 0 saturated carbocycles. The summed E-state index contributed by atoms with van der Waals surface area (Å²) in [5, 5.41) is 6.01. The molecule has 0 aliphatic carbocycles. The number of rotatable bonds is 5. The monoisotopic (exact) mass is 649 g/mol. The third-order valence-electron chi connectivity index (χ3n) is 9.99. The molecule has 51 heavy (non-hydrogen) atoms. The highest BCUT2D eigenvalue weighted by Gasteiger charge is 2.16. The van der Waals surface area contributed by atoms with Gasteiger partial charge in [-0.1, -0.05) is 133 Å². The molecule has 3 heteroatoms. The summed E-state index contributed by atoms with van der Waals surface area (Å²) in [6.07, 6.45) is 0. The minimum absolute atomic E-state index is 0.703. The Kier molecular flexibility index (Phi) is 6.81. The third-order valence-corrected chi connectivity index (χ3v) is 9.99. The fourth-order valence-corrected chi connectivity index (χ4v) is 7.43. The molecule has 2 heterocycles. The molecule has 238 valence electrons. The van der Waals surface area contributed by atoms with E-state index in [-0.39, 0.29) is 0 Å². The summed E-state index contributed by atoms with van der Waals surface area (Å²) in [4.78, 5) is 10.4. The summed E-state index contributed by atoms with van der Waals surface area (Å²) in [6, 6.07) is 66.8. The molecule has 8 aromatic carbocycles. The third kappa shape index (κ3) is 5.06. The second kappa shape index (κ2) is 11.9. The van der Waals surface area contributed by atoms with Crippen molar-refractivity contribution in [2.24, 2.45) is 0 Å². The fourth-order valence-electron chi connectivity index (χ4n) is 7.43. The molecular formula is C48H31N3. The van der Waals surface area contributed by atoms with Crippen molar-refractivity contribution in [1.29, 1.82) is 0 Å². The quantitative estimate of drug-likeness (QED) is 0.186. The largest absolute Gasteiger partial charge is 0.309 e.